The maximum atomic E-state index is 12.1. The summed E-state index contributed by atoms with van der Waals surface area (Å²) in [6.45, 7) is 2.13. The van der Waals surface area contributed by atoms with E-state index in [9.17, 15) is 9.90 Å². The number of thiophene rings is 1. The number of rotatable bonds is 4. The number of benzene rings is 1. The molecule has 1 atom stereocenters. The number of hydrogen-bond acceptors (Lipinski definition) is 3. The first-order chi connectivity index (χ1) is 9.06. The van der Waals surface area contributed by atoms with Crippen molar-refractivity contribution >= 4 is 27.3 Å². The number of hydrogen-bond donors (Lipinski definition) is 2. The van der Waals surface area contributed by atoms with Gasteiger partial charge in [0.05, 0.1) is 10.5 Å². The van der Waals surface area contributed by atoms with E-state index < -0.39 is 5.60 Å². The third-order valence-corrected chi connectivity index (χ3v) is 4.83. The van der Waals surface area contributed by atoms with Crippen LogP contribution in [0.25, 0.3) is 10.1 Å². The summed E-state index contributed by atoms with van der Waals surface area (Å²) < 4.78 is 1.11. The average Bonchev–Trinajstić information content (AvgIpc) is 3.16. The van der Waals surface area contributed by atoms with Crippen molar-refractivity contribution in [2.75, 3.05) is 6.54 Å². The molecule has 2 aromatic rings. The Morgan fingerprint density at radius 3 is 2.89 bits per heavy atom. The van der Waals surface area contributed by atoms with Gasteiger partial charge in [0.2, 0.25) is 0 Å². The first-order valence-corrected chi connectivity index (χ1v) is 7.37. The van der Waals surface area contributed by atoms with Crippen LogP contribution in [0.2, 0.25) is 0 Å². The van der Waals surface area contributed by atoms with Gasteiger partial charge in [0.15, 0.2) is 0 Å². The van der Waals surface area contributed by atoms with Crippen LogP contribution in [-0.2, 0) is 0 Å². The molecular formula is C15H17NO2S. The Morgan fingerprint density at radius 2 is 2.21 bits per heavy atom. The third kappa shape index (κ3) is 2.65. The summed E-state index contributed by atoms with van der Waals surface area (Å²) in [6, 6.07) is 9.86. The normalized spacial score (nSPS) is 18.2. The van der Waals surface area contributed by atoms with Crippen LogP contribution in [0.1, 0.15) is 29.4 Å². The van der Waals surface area contributed by atoms with Crippen molar-refractivity contribution < 1.29 is 9.90 Å². The zero-order valence-corrected chi connectivity index (χ0v) is 11.7. The van der Waals surface area contributed by atoms with E-state index >= 15 is 0 Å². The molecule has 1 fully saturated rings. The molecular weight excluding hydrogens is 258 g/mol. The lowest BCUT2D eigenvalue weighted by Crippen LogP contribution is -2.42. The highest BCUT2D eigenvalue weighted by Gasteiger charge is 2.40. The summed E-state index contributed by atoms with van der Waals surface area (Å²) in [5.74, 6) is 0.248. The van der Waals surface area contributed by atoms with Crippen LogP contribution in [0.3, 0.4) is 0 Å². The molecule has 1 aliphatic rings. The molecule has 1 aromatic carbocycles. The van der Waals surface area contributed by atoms with Gasteiger partial charge in [-0.1, -0.05) is 18.2 Å². The van der Waals surface area contributed by atoms with E-state index in [1.807, 2.05) is 30.3 Å². The molecule has 1 saturated carbocycles. The zero-order chi connectivity index (χ0) is 13.5. The van der Waals surface area contributed by atoms with Crippen molar-refractivity contribution in [3.63, 3.8) is 0 Å². The van der Waals surface area contributed by atoms with Crippen LogP contribution in [0.4, 0.5) is 0 Å². The quantitative estimate of drug-likeness (QED) is 0.901. The first-order valence-electron chi connectivity index (χ1n) is 6.55. The van der Waals surface area contributed by atoms with E-state index in [4.69, 9.17) is 0 Å². The lowest BCUT2D eigenvalue weighted by atomic mass is 10.0. The van der Waals surface area contributed by atoms with Crippen molar-refractivity contribution in [2.45, 2.75) is 25.4 Å². The van der Waals surface area contributed by atoms with Gasteiger partial charge in [0.1, 0.15) is 0 Å². The zero-order valence-electron chi connectivity index (χ0n) is 10.8. The summed E-state index contributed by atoms with van der Waals surface area (Å²) in [6.07, 6.45) is 2.12. The number of fused-ring (bicyclic) bond motifs is 1. The maximum absolute atomic E-state index is 12.1. The number of carbonyl (C=O) groups is 1. The van der Waals surface area contributed by atoms with E-state index in [0.29, 0.717) is 17.3 Å². The molecule has 1 aromatic heterocycles. The van der Waals surface area contributed by atoms with Crippen LogP contribution in [-0.4, -0.2) is 23.2 Å². The molecule has 1 heterocycles. The molecule has 0 radical (unpaired) electrons. The topological polar surface area (TPSA) is 49.3 Å². The lowest BCUT2D eigenvalue weighted by Gasteiger charge is -2.22. The van der Waals surface area contributed by atoms with E-state index in [2.05, 4.69) is 5.32 Å². The molecule has 19 heavy (non-hydrogen) atoms. The second-order valence-electron chi connectivity index (χ2n) is 5.46. The van der Waals surface area contributed by atoms with Gasteiger partial charge in [-0.05, 0) is 43.2 Å². The van der Waals surface area contributed by atoms with Crippen molar-refractivity contribution in [3.05, 3.63) is 35.2 Å². The fourth-order valence-corrected chi connectivity index (χ4v) is 3.27. The number of aliphatic hydroxyl groups is 1. The third-order valence-electron chi connectivity index (χ3n) is 3.71. The summed E-state index contributed by atoms with van der Waals surface area (Å²) in [7, 11) is 0. The van der Waals surface area contributed by atoms with Gasteiger partial charge in [0, 0.05) is 11.2 Å². The molecule has 3 rings (SSSR count). The Balaban J connectivity index is 1.69. The van der Waals surface area contributed by atoms with Crippen molar-refractivity contribution in [1.82, 2.24) is 5.32 Å². The minimum Gasteiger partial charge on any atom is -0.388 e. The van der Waals surface area contributed by atoms with Gasteiger partial charge in [-0.15, -0.1) is 11.3 Å². The molecule has 0 spiro atoms. The highest BCUT2D eigenvalue weighted by Crippen LogP contribution is 2.39. The molecule has 0 saturated heterocycles. The Labute approximate surface area is 116 Å². The standard InChI is InChI=1S/C15H17NO2S/c1-15(18,11-6-7-11)9-16-14(17)13-8-10-4-2-3-5-12(10)19-13/h2-5,8,11,18H,6-7,9H2,1H3,(H,16,17)/t15-/m0/s1. The van der Waals surface area contributed by atoms with Crippen LogP contribution in [0, 0.1) is 5.92 Å². The smallest absolute Gasteiger partial charge is 0.261 e. The van der Waals surface area contributed by atoms with Crippen molar-refractivity contribution in [3.8, 4) is 0 Å². The van der Waals surface area contributed by atoms with E-state index in [1.165, 1.54) is 11.3 Å². The van der Waals surface area contributed by atoms with Gasteiger partial charge in [-0.2, -0.15) is 0 Å². The van der Waals surface area contributed by atoms with Crippen LogP contribution < -0.4 is 5.32 Å². The maximum Gasteiger partial charge on any atom is 0.261 e. The molecule has 1 aliphatic carbocycles. The fraction of sp³-hybridized carbons (Fsp3) is 0.400. The lowest BCUT2D eigenvalue weighted by molar-refractivity contribution is 0.0355. The largest absolute Gasteiger partial charge is 0.388 e. The first kappa shape index (κ1) is 12.6. The Kier molecular flexibility index (Phi) is 3.07. The van der Waals surface area contributed by atoms with Gasteiger partial charge in [0.25, 0.3) is 5.91 Å². The predicted octanol–water partition coefficient (Wildman–Crippen LogP) is 2.79. The summed E-state index contributed by atoms with van der Waals surface area (Å²) in [4.78, 5) is 12.8. The predicted molar refractivity (Wildman–Crippen MR) is 77.5 cm³/mol. The van der Waals surface area contributed by atoms with Crippen LogP contribution >= 0.6 is 11.3 Å². The molecule has 4 heteroatoms. The summed E-state index contributed by atoms with van der Waals surface area (Å²) in [5.41, 5.74) is -0.771. The minimum atomic E-state index is -0.771. The SMILES string of the molecule is C[C@](O)(CNC(=O)c1cc2ccccc2s1)C1CC1. The number of carbonyl (C=O) groups excluding carboxylic acids is 1. The monoisotopic (exact) mass is 275 g/mol. The highest BCUT2D eigenvalue weighted by atomic mass is 32.1. The van der Waals surface area contributed by atoms with Crippen molar-refractivity contribution in [2.24, 2.45) is 5.92 Å². The molecule has 3 nitrogen and oxygen atoms in total. The van der Waals surface area contributed by atoms with Gasteiger partial charge < -0.3 is 10.4 Å². The number of nitrogens with one attached hydrogen (secondary N) is 1. The molecule has 100 valence electrons. The van der Waals surface area contributed by atoms with Crippen LogP contribution in [0.15, 0.2) is 30.3 Å². The second-order valence-corrected chi connectivity index (χ2v) is 6.55. The molecule has 2 N–H and O–H groups in total. The highest BCUT2D eigenvalue weighted by molar-refractivity contribution is 7.20. The van der Waals surface area contributed by atoms with Gasteiger partial charge >= 0.3 is 0 Å². The minimum absolute atomic E-state index is 0.0953. The number of amides is 1. The Bertz CT molecular complexity index is 580. The Hall–Kier alpha value is -1.39. The Morgan fingerprint density at radius 1 is 1.47 bits per heavy atom. The molecule has 0 unspecified atom stereocenters. The average molecular weight is 275 g/mol. The molecule has 0 aliphatic heterocycles. The molecule has 0 bridgehead atoms. The second kappa shape index (κ2) is 4.62. The van der Waals surface area contributed by atoms with E-state index in [1.54, 1.807) is 6.92 Å². The fourth-order valence-electron chi connectivity index (χ4n) is 2.29. The van der Waals surface area contributed by atoms with E-state index in [-0.39, 0.29) is 5.91 Å². The van der Waals surface area contributed by atoms with Crippen LogP contribution in [0.5, 0.6) is 0 Å². The van der Waals surface area contributed by atoms with Gasteiger partial charge in [-0.3, -0.25) is 4.79 Å². The van der Waals surface area contributed by atoms with Gasteiger partial charge in [-0.25, -0.2) is 0 Å². The molecule has 1 amide bonds. The summed E-state index contributed by atoms with van der Waals surface area (Å²) >= 11 is 1.49. The van der Waals surface area contributed by atoms with Crippen molar-refractivity contribution in [1.29, 1.82) is 0 Å². The van der Waals surface area contributed by atoms with E-state index in [0.717, 1.165) is 22.9 Å². The summed E-state index contributed by atoms with van der Waals surface area (Å²) in [5, 5.41) is 14.1.